The number of carbonyl (C=O) groups excluding carboxylic acids is 4. The highest BCUT2D eigenvalue weighted by molar-refractivity contribution is 6.07. The minimum atomic E-state index is -1.01. The SMILES string of the molecule is CC(C)C[C@@H](C(=O)N1C[C@]2(C[C@H]1C#N)C(=O)Nc1ccccc12)N(C)C(=O)CC(=O)N[C@@H]1CCC[C@@H]1O. The van der Waals surface area contributed by atoms with E-state index in [2.05, 4.69) is 16.7 Å². The van der Waals surface area contributed by atoms with E-state index in [1.165, 1.54) is 16.8 Å². The molecule has 37 heavy (non-hydrogen) atoms. The molecule has 198 valence electrons. The fourth-order valence-corrected chi connectivity index (χ4v) is 5.85. The van der Waals surface area contributed by atoms with Gasteiger partial charge in [-0.3, -0.25) is 19.2 Å². The second kappa shape index (κ2) is 10.5. The zero-order valence-electron chi connectivity index (χ0n) is 21.6. The Morgan fingerprint density at radius 3 is 2.68 bits per heavy atom. The van der Waals surface area contributed by atoms with Gasteiger partial charge in [0.15, 0.2) is 0 Å². The highest BCUT2D eigenvalue weighted by Gasteiger charge is 2.56. The summed E-state index contributed by atoms with van der Waals surface area (Å²) in [6.45, 7) is 3.91. The molecule has 10 heteroatoms. The van der Waals surface area contributed by atoms with E-state index in [0.717, 1.165) is 12.0 Å². The maximum Gasteiger partial charge on any atom is 0.246 e. The zero-order valence-corrected chi connectivity index (χ0v) is 21.6. The molecule has 1 spiro atoms. The lowest BCUT2D eigenvalue weighted by atomic mass is 9.80. The van der Waals surface area contributed by atoms with Crippen molar-refractivity contribution < 1.29 is 24.3 Å². The fourth-order valence-electron chi connectivity index (χ4n) is 5.85. The Balaban J connectivity index is 1.52. The van der Waals surface area contributed by atoms with Gasteiger partial charge in [-0.25, -0.2) is 0 Å². The molecule has 10 nitrogen and oxygen atoms in total. The number of fused-ring (bicyclic) bond motifs is 2. The van der Waals surface area contributed by atoms with Crippen molar-refractivity contribution in [3.05, 3.63) is 29.8 Å². The van der Waals surface area contributed by atoms with Crippen LogP contribution in [-0.4, -0.2) is 76.4 Å². The van der Waals surface area contributed by atoms with Crippen molar-refractivity contribution in [1.82, 2.24) is 15.1 Å². The van der Waals surface area contributed by atoms with Crippen molar-refractivity contribution in [1.29, 1.82) is 5.26 Å². The highest BCUT2D eigenvalue weighted by Crippen LogP contribution is 2.46. The first-order valence-corrected chi connectivity index (χ1v) is 12.9. The van der Waals surface area contributed by atoms with Crippen LogP contribution in [0.25, 0.3) is 0 Å². The molecular formula is C27H35N5O5. The monoisotopic (exact) mass is 509 g/mol. The van der Waals surface area contributed by atoms with Crippen LogP contribution < -0.4 is 10.6 Å². The molecule has 1 aromatic rings. The first-order chi connectivity index (χ1) is 17.6. The maximum absolute atomic E-state index is 13.9. The van der Waals surface area contributed by atoms with E-state index in [9.17, 15) is 29.5 Å². The number of likely N-dealkylation sites (tertiary alicyclic amines) is 1. The number of aliphatic hydroxyl groups excluding tert-OH is 1. The highest BCUT2D eigenvalue weighted by atomic mass is 16.3. The third-order valence-corrected chi connectivity index (χ3v) is 7.89. The second-order valence-corrected chi connectivity index (χ2v) is 10.9. The van der Waals surface area contributed by atoms with Gasteiger partial charge < -0.3 is 25.5 Å². The standard InChI is InChI=1S/C27H35N5O5/c1-16(2)11-21(31(3)24(35)12-23(34)29-20-9-6-10-22(20)33)25(36)32-15-27(13-17(32)14-28)18-7-4-5-8-19(18)30-26(27)37/h4-5,7-8,16-17,20-22,33H,6,9-13,15H2,1-3H3,(H,29,34)(H,30,37)/t17-,20+,21-,22-,27-/m0/s1. The molecule has 0 radical (unpaired) electrons. The van der Waals surface area contributed by atoms with Gasteiger partial charge in [0.2, 0.25) is 23.6 Å². The molecule has 1 saturated heterocycles. The van der Waals surface area contributed by atoms with Crippen molar-refractivity contribution in [2.24, 2.45) is 5.92 Å². The van der Waals surface area contributed by atoms with Crippen LogP contribution in [-0.2, 0) is 24.6 Å². The van der Waals surface area contributed by atoms with Gasteiger partial charge in [0.25, 0.3) is 0 Å². The van der Waals surface area contributed by atoms with Gasteiger partial charge >= 0.3 is 0 Å². The number of nitrogens with zero attached hydrogens (tertiary/aromatic N) is 3. The Hall–Kier alpha value is -3.45. The molecule has 3 aliphatic rings. The average Bonchev–Trinajstić information content (AvgIpc) is 3.53. The van der Waals surface area contributed by atoms with Crippen LogP contribution >= 0.6 is 0 Å². The lowest BCUT2D eigenvalue weighted by molar-refractivity contribution is -0.147. The lowest BCUT2D eigenvalue weighted by Gasteiger charge is -2.33. The molecule has 2 fully saturated rings. The van der Waals surface area contributed by atoms with E-state index in [1.54, 1.807) is 6.07 Å². The summed E-state index contributed by atoms with van der Waals surface area (Å²) in [7, 11) is 1.50. The van der Waals surface area contributed by atoms with Gasteiger partial charge in [-0.1, -0.05) is 32.0 Å². The minimum absolute atomic E-state index is 0.0452. The number of nitriles is 1. The molecular weight excluding hydrogens is 474 g/mol. The average molecular weight is 510 g/mol. The van der Waals surface area contributed by atoms with E-state index >= 15 is 0 Å². The molecule has 0 unspecified atom stereocenters. The van der Waals surface area contributed by atoms with Gasteiger partial charge in [0, 0.05) is 25.7 Å². The number of likely N-dealkylation sites (N-methyl/N-ethyl adjacent to an activating group) is 1. The Bertz CT molecular complexity index is 1130. The predicted molar refractivity (Wildman–Crippen MR) is 135 cm³/mol. The number of amides is 4. The van der Waals surface area contributed by atoms with Gasteiger partial charge in [-0.2, -0.15) is 5.26 Å². The molecule has 3 N–H and O–H groups in total. The Morgan fingerprint density at radius 1 is 1.30 bits per heavy atom. The van der Waals surface area contributed by atoms with Crippen LogP contribution in [0.2, 0.25) is 0 Å². The van der Waals surface area contributed by atoms with Gasteiger partial charge in [-0.15, -0.1) is 0 Å². The van der Waals surface area contributed by atoms with Crippen LogP contribution in [0.5, 0.6) is 0 Å². The number of benzene rings is 1. The predicted octanol–water partition coefficient (Wildman–Crippen LogP) is 1.29. The van der Waals surface area contributed by atoms with E-state index in [0.29, 0.717) is 24.9 Å². The normalized spacial score (nSPS) is 27.1. The zero-order chi connectivity index (χ0) is 26.9. The maximum atomic E-state index is 13.9. The summed E-state index contributed by atoms with van der Waals surface area (Å²) in [6.07, 6.45) is 1.55. The van der Waals surface area contributed by atoms with Crippen LogP contribution in [0, 0.1) is 17.2 Å². The summed E-state index contributed by atoms with van der Waals surface area (Å²) in [5, 5.41) is 25.5. The fraction of sp³-hybridized carbons (Fsp3) is 0.593. The van der Waals surface area contributed by atoms with Crippen molar-refractivity contribution in [3.63, 3.8) is 0 Å². The number of nitrogens with one attached hydrogen (secondary N) is 2. The second-order valence-electron chi connectivity index (χ2n) is 10.9. The summed E-state index contributed by atoms with van der Waals surface area (Å²) in [5.74, 6) is -1.60. The van der Waals surface area contributed by atoms with Gasteiger partial charge in [0.05, 0.1) is 23.6 Å². The molecule has 0 aromatic heterocycles. The summed E-state index contributed by atoms with van der Waals surface area (Å²) in [5.41, 5.74) is 0.439. The summed E-state index contributed by atoms with van der Waals surface area (Å²) in [6, 6.07) is 7.41. The van der Waals surface area contributed by atoms with E-state index < -0.39 is 47.7 Å². The Morgan fingerprint density at radius 2 is 2.03 bits per heavy atom. The van der Waals surface area contributed by atoms with Crippen LogP contribution in [0.15, 0.2) is 24.3 Å². The first-order valence-electron chi connectivity index (χ1n) is 12.9. The smallest absolute Gasteiger partial charge is 0.246 e. The van der Waals surface area contributed by atoms with Crippen molar-refractivity contribution >= 4 is 29.3 Å². The lowest BCUT2D eigenvalue weighted by Crippen LogP contribution is -2.52. The molecule has 2 heterocycles. The summed E-state index contributed by atoms with van der Waals surface area (Å²) in [4.78, 5) is 55.2. The molecule has 1 saturated carbocycles. The van der Waals surface area contributed by atoms with Gasteiger partial charge in [-0.05, 0) is 43.2 Å². The number of hydrogen-bond acceptors (Lipinski definition) is 6. The molecule has 0 bridgehead atoms. The largest absolute Gasteiger partial charge is 0.391 e. The van der Waals surface area contributed by atoms with E-state index in [4.69, 9.17) is 0 Å². The summed E-state index contributed by atoms with van der Waals surface area (Å²) < 4.78 is 0. The van der Waals surface area contributed by atoms with Crippen molar-refractivity contribution in [2.45, 2.75) is 82.0 Å². The third-order valence-electron chi connectivity index (χ3n) is 7.89. The summed E-state index contributed by atoms with van der Waals surface area (Å²) >= 11 is 0. The Labute approximate surface area is 217 Å². The van der Waals surface area contributed by atoms with Crippen molar-refractivity contribution in [3.8, 4) is 6.07 Å². The van der Waals surface area contributed by atoms with E-state index in [-0.39, 0.29) is 30.8 Å². The molecule has 4 amide bonds. The van der Waals surface area contributed by atoms with Crippen molar-refractivity contribution in [2.75, 3.05) is 18.9 Å². The third kappa shape index (κ3) is 5.05. The van der Waals surface area contributed by atoms with Gasteiger partial charge in [0.1, 0.15) is 18.5 Å². The van der Waals surface area contributed by atoms with Crippen LogP contribution in [0.4, 0.5) is 5.69 Å². The molecule has 5 atom stereocenters. The first kappa shape index (κ1) is 26.6. The van der Waals surface area contributed by atoms with Crippen LogP contribution in [0.1, 0.15) is 57.9 Å². The Kier molecular flexibility index (Phi) is 7.55. The molecule has 1 aromatic carbocycles. The number of aliphatic hydroxyl groups is 1. The van der Waals surface area contributed by atoms with Crippen LogP contribution in [0.3, 0.4) is 0 Å². The number of anilines is 1. The van der Waals surface area contributed by atoms with E-state index in [1.807, 2.05) is 32.0 Å². The number of hydrogen-bond donors (Lipinski definition) is 3. The quantitative estimate of drug-likeness (QED) is 0.473. The molecule has 1 aliphatic carbocycles. The molecule has 2 aliphatic heterocycles. The number of para-hydroxylation sites is 1. The number of rotatable bonds is 7. The molecule has 4 rings (SSSR count). The minimum Gasteiger partial charge on any atom is -0.391 e. The number of carbonyl (C=O) groups is 4. The topological polar surface area (TPSA) is 143 Å².